The van der Waals surface area contributed by atoms with Crippen molar-refractivity contribution in [1.82, 2.24) is 5.32 Å². The first-order chi connectivity index (χ1) is 16.0. The number of esters is 2. The highest BCUT2D eigenvalue weighted by Gasteiger charge is 2.56. The second kappa shape index (κ2) is 8.40. The summed E-state index contributed by atoms with van der Waals surface area (Å²) < 4.78 is 24.3. The van der Waals surface area contributed by atoms with Gasteiger partial charge in [0.1, 0.15) is 11.9 Å². The lowest BCUT2D eigenvalue weighted by Gasteiger charge is -2.33. The number of halogens is 1. The van der Waals surface area contributed by atoms with Gasteiger partial charge in [0.25, 0.3) is 0 Å². The minimum atomic E-state index is -0.832. The van der Waals surface area contributed by atoms with E-state index in [0.717, 1.165) is 22.1 Å². The van der Waals surface area contributed by atoms with E-state index < -0.39 is 48.6 Å². The van der Waals surface area contributed by atoms with Gasteiger partial charge in [-0.15, -0.1) is 0 Å². The fourth-order valence-electron chi connectivity index (χ4n) is 5.17. The van der Waals surface area contributed by atoms with Gasteiger partial charge in [-0.25, -0.2) is 4.39 Å². The van der Waals surface area contributed by atoms with Gasteiger partial charge < -0.3 is 19.9 Å². The van der Waals surface area contributed by atoms with Crippen molar-refractivity contribution in [3.8, 4) is 0 Å². The van der Waals surface area contributed by atoms with Gasteiger partial charge >= 0.3 is 18.9 Å². The molecule has 9 heteroatoms. The van der Waals surface area contributed by atoms with Crippen LogP contribution in [0.4, 0.5) is 15.8 Å². The molecule has 2 heterocycles. The van der Waals surface area contributed by atoms with Gasteiger partial charge in [-0.1, -0.05) is 36.4 Å². The average molecular weight is 447 g/mol. The van der Waals surface area contributed by atoms with E-state index in [1.807, 2.05) is 36.4 Å². The number of nitrogens with one attached hydrogen (secondary N) is 3. The lowest BCUT2D eigenvalue weighted by molar-refractivity contribution is -0.146. The monoisotopic (exact) mass is 447 g/mol. The Morgan fingerprint density at radius 1 is 0.909 bits per heavy atom. The molecule has 1 fully saturated rings. The molecule has 168 valence electrons. The van der Waals surface area contributed by atoms with Gasteiger partial charge in [-0.05, 0) is 35.2 Å². The van der Waals surface area contributed by atoms with Crippen molar-refractivity contribution in [2.75, 3.05) is 24.7 Å². The Kier molecular flexibility index (Phi) is 5.42. The van der Waals surface area contributed by atoms with Gasteiger partial charge in [-0.2, -0.15) is 0 Å². The fourth-order valence-corrected chi connectivity index (χ4v) is 5.17. The molecule has 0 saturated carbocycles. The van der Waals surface area contributed by atoms with Crippen LogP contribution in [0.25, 0.3) is 10.8 Å². The Balaban J connectivity index is 1.59. The SMILES string of the molecule is COC(=O)[C@H]1[C@H](B2Nc3cccc4cccc(c34)N2)[C@@H](C(=O)OC)N[C@H]1c1cccc(F)c1. The molecular weight excluding hydrogens is 424 g/mol. The number of ether oxygens (including phenoxy) is 2. The van der Waals surface area contributed by atoms with Crippen molar-refractivity contribution >= 4 is 41.1 Å². The van der Waals surface area contributed by atoms with E-state index in [-0.39, 0.29) is 0 Å². The summed E-state index contributed by atoms with van der Waals surface area (Å²) in [5.74, 6) is -2.80. The summed E-state index contributed by atoms with van der Waals surface area (Å²) in [6.07, 6.45) is 0. The Bertz CT molecular complexity index is 1200. The quantitative estimate of drug-likeness (QED) is 0.418. The third-order valence-electron chi connectivity index (χ3n) is 6.57. The van der Waals surface area contributed by atoms with Crippen LogP contribution in [0.2, 0.25) is 5.82 Å². The van der Waals surface area contributed by atoms with Gasteiger partial charge in [0.05, 0.1) is 20.1 Å². The highest BCUT2D eigenvalue weighted by atomic mass is 19.1. The zero-order valence-electron chi connectivity index (χ0n) is 18.2. The minimum Gasteiger partial charge on any atom is -0.469 e. The van der Waals surface area contributed by atoms with Crippen LogP contribution in [0.15, 0.2) is 60.7 Å². The lowest BCUT2D eigenvalue weighted by atomic mass is 9.53. The molecule has 0 aromatic heterocycles. The van der Waals surface area contributed by atoms with Crippen LogP contribution in [-0.2, 0) is 19.1 Å². The zero-order chi connectivity index (χ0) is 23.1. The predicted octanol–water partition coefficient (Wildman–Crippen LogP) is 3.35. The van der Waals surface area contributed by atoms with Crippen molar-refractivity contribution in [3.05, 3.63) is 72.0 Å². The Labute approximate surface area is 190 Å². The molecular formula is C24H23BFN3O4. The second-order valence-electron chi connectivity index (χ2n) is 8.30. The molecule has 33 heavy (non-hydrogen) atoms. The third-order valence-corrected chi connectivity index (χ3v) is 6.57. The van der Waals surface area contributed by atoms with E-state index in [0.29, 0.717) is 5.56 Å². The number of rotatable bonds is 4. The highest BCUT2D eigenvalue weighted by molar-refractivity contribution is 6.70. The number of benzene rings is 3. The molecule has 7 nitrogen and oxygen atoms in total. The Morgan fingerprint density at radius 2 is 1.55 bits per heavy atom. The fraction of sp³-hybridized carbons (Fsp3) is 0.250. The van der Waals surface area contributed by atoms with Crippen molar-refractivity contribution in [2.24, 2.45) is 5.92 Å². The van der Waals surface area contributed by atoms with Crippen molar-refractivity contribution in [1.29, 1.82) is 0 Å². The lowest BCUT2D eigenvalue weighted by Crippen LogP contribution is -2.50. The first-order valence-electron chi connectivity index (χ1n) is 10.7. The first-order valence-corrected chi connectivity index (χ1v) is 10.7. The summed E-state index contributed by atoms with van der Waals surface area (Å²) in [5.41, 5.74) is 2.35. The van der Waals surface area contributed by atoms with Crippen LogP contribution in [0, 0.1) is 11.7 Å². The summed E-state index contributed by atoms with van der Waals surface area (Å²) in [7, 11) is 2.62. The Hall–Kier alpha value is -3.59. The summed E-state index contributed by atoms with van der Waals surface area (Å²) >= 11 is 0. The van der Waals surface area contributed by atoms with Crippen LogP contribution in [-0.4, -0.2) is 39.2 Å². The van der Waals surface area contributed by atoms with E-state index in [2.05, 4.69) is 15.8 Å². The smallest absolute Gasteiger partial charge is 0.376 e. The average Bonchev–Trinajstić information content (AvgIpc) is 3.24. The van der Waals surface area contributed by atoms with Crippen LogP contribution < -0.4 is 15.8 Å². The largest absolute Gasteiger partial charge is 0.469 e. The summed E-state index contributed by atoms with van der Waals surface area (Å²) in [4.78, 5) is 25.9. The van der Waals surface area contributed by atoms with Crippen LogP contribution in [0.3, 0.4) is 0 Å². The Morgan fingerprint density at radius 3 is 2.15 bits per heavy atom. The van der Waals surface area contributed by atoms with Gasteiger partial charge in [0.15, 0.2) is 0 Å². The highest BCUT2D eigenvalue weighted by Crippen LogP contribution is 2.46. The van der Waals surface area contributed by atoms with Gasteiger partial charge in [-0.3, -0.25) is 14.9 Å². The number of anilines is 2. The van der Waals surface area contributed by atoms with Crippen LogP contribution >= 0.6 is 0 Å². The van der Waals surface area contributed by atoms with Crippen LogP contribution in [0.1, 0.15) is 11.6 Å². The number of hydrogen-bond acceptors (Lipinski definition) is 7. The maximum atomic E-state index is 14.0. The topological polar surface area (TPSA) is 88.7 Å². The maximum Gasteiger partial charge on any atom is 0.376 e. The number of carbonyl (C=O) groups excluding carboxylic acids is 2. The number of hydrogen-bond donors (Lipinski definition) is 3. The summed E-state index contributed by atoms with van der Waals surface area (Å²) in [5, 5.41) is 12.3. The molecule has 0 spiro atoms. The maximum absolute atomic E-state index is 14.0. The van der Waals surface area contributed by atoms with Crippen LogP contribution in [0.5, 0.6) is 0 Å². The molecule has 0 amide bonds. The predicted molar refractivity (Wildman–Crippen MR) is 124 cm³/mol. The molecule has 2 aliphatic heterocycles. The molecule has 3 N–H and O–H groups in total. The van der Waals surface area contributed by atoms with Crippen molar-refractivity contribution in [2.45, 2.75) is 17.9 Å². The molecule has 1 saturated heterocycles. The van der Waals surface area contributed by atoms with E-state index >= 15 is 0 Å². The van der Waals surface area contributed by atoms with Crippen molar-refractivity contribution in [3.63, 3.8) is 0 Å². The molecule has 2 aliphatic rings. The minimum absolute atomic E-state index is 0.425. The van der Waals surface area contributed by atoms with Gasteiger partial charge in [0, 0.05) is 28.6 Å². The molecule has 0 radical (unpaired) electrons. The third kappa shape index (κ3) is 3.58. The second-order valence-corrected chi connectivity index (χ2v) is 8.30. The zero-order valence-corrected chi connectivity index (χ0v) is 18.2. The van der Waals surface area contributed by atoms with Crippen molar-refractivity contribution < 1.29 is 23.5 Å². The van der Waals surface area contributed by atoms with E-state index in [9.17, 15) is 14.0 Å². The molecule has 0 unspecified atom stereocenters. The molecule has 3 aromatic carbocycles. The number of carbonyl (C=O) groups is 2. The normalized spacial score (nSPS) is 23.5. The van der Waals surface area contributed by atoms with E-state index in [1.54, 1.807) is 12.1 Å². The molecule has 0 bridgehead atoms. The number of methoxy groups -OCH3 is 2. The molecule has 5 rings (SSSR count). The summed E-state index contributed by atoms with van der Waals surface area (Å²) in [6, 6.07) is 16.4. The van der Waals surface area contributed by atoms with Gasteiger partial charge in [0.2, 0.25) is 0 Å². The standard InChI is InChI=1S/C24H23BFN3O4/c1-32-23(30)19-20(22(24(31)33-2)27-21(19)14-8-3-9-15(26)12-14)25-28-16-10-4-6-13-7-5-11-17(29-25)18(13)16/h3-12,19-22,27-29H,1-2H3/t19-,20-,21-,22-/m0/s1. The molecule has 3 aromatic rings. The summed E-state index contributed by atoms with van der Waals surface area (Å²) in [6.45, 7) is -0.496. The molecule has 0 aliphatic carbocycles. The molecule has 4 atom stereocenters. The first kappa shape index (κ1) is 21.3. The van der Waals surface area contributed by atoms with E-state index in [1.165, 1.54) is 26.4 Å². The van der Waals surface area contributed by atoms with E-state index in [4.69, 9.17) is 9.47 Å².